The molecule has 10 heteroatoms. The van der Waals surface area contributed by atoms with Crippen LogP contribution in [0.25, 0.3) is 28.3 Å². The quantitative estimate of drug-likeness (QED) is 0.339. The molecule has 1 N–H and O–H groups in total. The van der Waals surface area contributed by atoms with E-state index in [2.05, 4.69) is 25.7 Å². The second kappa shape index (κ2) is 10.2. The number of nitrogens with one attached hydrogen (secondary N) is 1. The number of hydrogen-bond donors (Lipinski definition) is 1. The van der Waals surface area contributed by atoms with Gasteiger partial charge in [-0.2, -0.15) is 9.61 Å². The topological polar surface area (TPSA) is 116 Å². The number of ether oxygens (including phenoxy) is 1. The lowest BCUT2D eigenvalue weighted by Gasteiger charge is -2.09. The van der Waals surface area contributed by atoms with Crippen LogP contribution in [0.2, 0.25) is 0 Å². The van der Waals surface area contributed by atoms with Gasteiger partial charge >= 0.3 is 0 Å². The molecule has 0 radical (unpaired) electrons. The second-order valence-electron chi connectivity index (χ2n) is 8.11. The summed E-state index contributed by atoms with van der Waals surface area (Å²) in [7, 11) is 0. The van der Waals surface area contributed by atoms with E-state index in [1.165, 1.54) is 6.07 Å². The lowest BCUT2D eigenvalue weighted by atomic mass is 10.1. The Hall–Kier alpha value is -4.86. The molecule has 0 saturated heterocycles. The standard InChI is InChI=1S/C26H23N7O3/c1-18-7-9-19(10-8-18)21-11-14-25(35)32(30-21)17-23(34)27-15-16-36-24-13-12-22-28-29-26(33(22)31-24)20-5-3-2-4-6-20/h2-14H,15-17H2,1H3,(H,27,34). The highest BCUT2D eigenvalue weighted by atomic mass is 16.5. The fourth-order valence-corrected chi connectivity index (χ4v) is 3.59. The smallest absolute Gasteiger partial charge is 0.267 e. The number of rotatable bonds is 8. The van der Waals surface area contributed by atoms with E-state index in [0.717, 1.165) is 21.4 Å². The number of amides is 1. The van der Waals surface area contributed by atoms with Crippen LogP contribution in [0, 0.1) is 6.92 Å². The lowest BCUT2D eigenvalue weighted by Crippen LogP contribution is -2.35. The van der Waals surface area contributed by atoms with Crippen molar-refractivity contribution in [2.75, 3.05) is 13.2 Å². The summed E-state index contributed by atoms with van der Waals surface area (Å²) in [5.41, 5.74) is 3.75. The molecule has 0 atom stereocenters. The molecule has 2 aromatic carbocycles. The van der Waals surface area contributed by atoms with Gasteiger partial charge in [0.25, 0.3) is 5.56 Å². The number of fused-ring (bicyclic) bond motifs is 1. The first kappa shape index (κ1) is 22.9. The summed E-state index contributed by atoms with van der Waals surface area (Å²) in [6.07, 6.45) is 0. The molecule has 0 aliphatic carbocycles. The number of hydrogen-bond acceptors (Lipinski definition) is 7. The van der Waals surface area contributed by atoms with Crippen molar-refractivity contribution in [3.05, 3.63) is 94.8 Å². The van der Waals surface area contributed by atoms with Crippen LogP contribution >= 0.6 is 0 Å². The predicted molar refractivity (Wildman–Crippen MR) is 133 cm³/mol. The third kappa shape index (κ3) is 5.12. The lowest BCUT2D eigenvalue weighted by molar-refractivity contribution is -0.122. The first-order valence-electron chi connectivity index (χ1n) is 11.4. The molecule has 0 saturated carbocycles. The highest BCUT2D eigenvalue weighted by Crippen LogP contribution is 2.18. The second-order valence-corrected chi connectivity index (χ2v) is 8.11. The molecule has 3 aromatic heterocycles. The number of aromatic nitrogens is 6. The third-order valence-electron chi connectivity index (χ3n) is 5.45. The molecule has 10 nitrogen and oxygen atoms in total. The van der Waals surface area contributed by atoms with Crippen molar-refractivity contribution in [2.45, 2.75) is 13.5 Å². The van der Waals surface area contributed by atoms with Crippen molar-refractivity contribution < 1.29 is 9.53 Å². The van der Waals surface area contributed by atoms with Crippen molar-refractivity contribution in [1.29, 1.82) is 0 Å². The molecule has 0 aliphatic heterocycles. The molecule has 0 bridgehead atoms. The van der Waals surface area contributed by atoms with Crippen molar-refractivity contribution in [1.82, 2.24) is 34.9 Å². The van der Waals surface area contributed by atoms with E-state index >= 15 is 0 Å². The summed E-state index contributed by atoms with van der Waals surface area (Å²) in [6, 6.07) is 23.9. The Bertz CT molecular complexity index is 1560. The molecule has 5 aromatic rings. The highest BCUT2D eigenvalue weighted by Gasteiger charge is 2.11. The maximum Gasteiger partial charge on any atom is 0.267 e. The summed E-state index contributed by atoms with van der Waals surface area (Å²) >= 11 is 0. The third-order valence-corrected chi connectivity index (χ3v) is 5.45. The summed E-state index contributed by atoms with van der Waals surface area (Å²) in [4.78, 5) is 24.6. The van der Waals surface area contributed by atoms with Crippen LogP contribution in [0.4, 0.5) is 0 Å². The highest BCUT2D eigenvalue weighted by molar-refractivity contribution is 5.75. The Kier molecular flexibility index (Phi) is 6.48. The van der Waals surface area contributed by atoms with Gasteiger partial charge in [-0.3, -0.25) is 9.59 Å². The maximum atomic E-state index is 12.4. The van der Waals surface area contributed by atoms with Crippen LogP contribution in [0.5, 0.6) is 5.88 Å². The molecule has 0 spiro atoms. The van der Waals surface area contributed by atoms with Gasteiger partial charge in [-0.1, -0.05) is 60.2 Å². The van der Waals surface area contributed by atoms with E-state index in [9.17, 15) is 9.59 Å². The molecular weight excluding hydrogens is 458 g/mol. The van der Waals surface area contributed by atoms with Gasteiger partial charge in [0, 0.05) is 23.3 Å². The molecule has 3 heterocycles. The van der Waals surface area contributed by atoms with Crippen LogP contribution in [-0.2, 0) is 11.3 Å². The molecule has 0 unspecified atom stereocenters. The van der Waals surface area contributed by atoms with Gasteiger partial charge < -0.3 is 10.1 Å². The zero-order chi connectivity index (χ0) is 24.9. The summed E-state index contributed by atoms with van der Waals surface area (Å²) < 4.78 is 8.46. The van der Waals surface area contributed by atoms with Gasteiger partial charge in [0.15, 0.2) is 11.5 Å². The van der Waals surface area contributed by atoms with Crippen LogP contribution < -0.4 is 15.6 Å². The van der Waals surface area contributed by atoms with Gasteiger partial charge in [0.1, 0.15) is 13.2 Å². The van der Waals surface area contributed by atoms with Crippen LogP contribution in [0.3, 0.4) is 0 Å². The predicted octanol–water partition coefficient (Wildman–Crippen LogP) is 2.52. The Morgan fingerprint density at radius 2 is 1.69 bits per heavy atom. The first-order valence-corrected chi connectivity index (χ1v) is 11.4. The summed E-state index contributed by atoms with van der Waals surface area (Å²) in [5.74, 6) is 0.635. The van der Waals surface area contributed by atoms with Gasteiger partial charge in [0.05, 0.1) is 12.2 Å². The minimum Gasteiger partial charge on any atom is -0.475 e. The van der Waals surface area contributed by atoms with E-state index in [0.29, 0.717) is 23.0 Å². The number of benzene rings is 2. The number of nitrogens with zero attached hydrogens (tertiary/aromatic N) is 6. The molecule has 180 valence electrons. The Balaban J connectivity index is 1.17. The van der Waals surface area contributed by atoms with Crippen LogP contribution in [-0.4, -0.2) is 48.7 Å². The van der Waals surface area contributed by atoms with Crippen LogP contribution in [0.15, 0.2) is 83.7 Å². The van der Waals surface area contributed by atoms with Crippen molar-refractivity contribution in [3.63, 3.8) is 0 Å². The zero-order valence-electron chi connectivity index (χ0n) is 19.5. The maximum absolute atomic E-state index is 12.4. The average Bonchev–Trinajstić information content (AvgIpc) is 3.32. The van der Waals surface area contributed by atoms with E-state index < -0.39 is 0 Å². The molecule has 36 heavy (non-hydrogen) atoms. The zero-order valence-corrected chi connectivity index (χ0v) is 19.5. The molecule has 1 amide bonds. The normalized spacial score (nSPS) is 10.9. The number of carbonyl (C=O) groups excluding carboxylic acids is 1. The summed E-state index contributed by atoms with van der Waals surface area (Å²) in [6.45, 7) is 2.23. The fourth-order valence-electron chi connectivity index (χ4n) is 3.59. The van der Waals surface area contributed by atoms with Crippen molar-refractivity contribution >= 4 is 11.6 Å². The summed E-state index contributed by atoms with van der Waals surface area (Å²) in [5, 5.41) is 19.9. The molecule has 0 aliphatic rings. The Morgan fingerprint density at radius 3 is 2.50 bits per heavy atom. The van der Waals surface area contributed by atoms with Crippen molar-refractivity contribution in [3.8, 4) is 28.5 Å². The van der Waals surface area contributed by atoms with Crippen molar-refractivity contribution in [2.24, 2.45) is 0 Å². The first-order chi connectivity index (χ1) is 17.6. The van der Waals surface area contributed by atoms with Gasteiger partial charge in [-0.05, 0) is 19.1 Å². The minimum atomic E-state index is -0.349. The Labute approximate surface area is 206 Å². The van der Waals surface area contributed by atoms with Gasteiger partial charge in [0.2, 0.25) is 11.8 Å². The van der Waals surface area contributed by atoms with Gasteiger partial charge in [-0.15, -0.1) is 15.3 Å². The van der Waals surface area contributed by atoms with E-state index in [4.69, 9.17) is 4.74 Å². The molecule has 0 fully saturated rings. The van der Waals surface area contributed by atoms with Gasteiger partial charge in [-0.25, -0.2) is 4.68 Å². The number of aryl methyl sites for hydroxylation is 1. The number of carbonyl (C=O) groups is 1. The largest absolute Gasteiger partial charge is 0.475 e. The average molecular weight is 482 g/mol. The SMILES string of the molecule is Cc1ccc(-c2ccc(=O)n(CC(=O)NCCOc3ccc4nnc(-c5ccccc5)n4n3)n2)cc1. The van der Waals surface area contributed by atoms with E-state index in [1.54, 1.807) is 22.7 Å². The van der Waals surface area contributed by atoms with E-state index in [-0.39, 0.29) is 31.2 Å². The minimum absolute atomic E-state index is 0.191. The molecule has 5 rings (SSSR count). The monoisotopic (exact) mass is 481 g/mol. The molecular formula is C26H23N7O3. The van der Waals surface area contributed by atoms with E-state index in [1.807, 2.05) is 61.5 Å². The van der Waals surface area contributed by atoms with Crippen LogP contribution in [0.1, 0.15) is 5.56 Å². The Morgan fingerprint density at radius 1 is 0.889 bits per heavy atom. The fraction of sp³-hybridized carbons (Fsp3) is 0.154.